The molecule has 0 aliphatic carbocycles. The van der Waals surface area contributed by atoms with Gasteiger partial charge in [-0.25, -0.2) is 13.2 Å². The van der Waals surface area contributed by atoms with Crippen LogP contribution in [-0.2, 0) is 43.8 Å². The van der Waals surface area contributed by atoms with Crippen molar-refractivity contribution in [2.45, 2.75) is 50.0 Å². The molecular weight excluding hydrogens is 610 g/mol. The summed E-state index contributed by atoms with van der Waals surface area (Å²) in [5, 5.41) is 4.58. The third-order valence-corrected chi connectivity index (χ3v) is 9.08. The highest BCUT2D eigenvalue weighted by atomic mass is 79.9. The second kappa shape index (κ2) is 14.3. The molecule has 1 aliphatic heterocycles. The number of carbonyl (C=O) groups excluding carboxylic acids is 3. The maximum Gasteiger partial charge on any atom is 0.408 e. The lowest BCUT2D eigenvalue weighted by Crippen LogP contribution is -2.48. The molecule has 9 nitrogen and oxygen atoms in total. The summed E-state index contributed by atoms with van der Waals surface area (Å²) in [6.45, 7) is 0.509. The van der Waals surface area contributed by atoms with Crippen LogP contribution in [0.5, 0.6) is 0 Å². The van der Waals surface area contributed by atoms with Crippen LogP contribution in [0, 0.1) is 0 Å². The molecule has 1 fully saturated rings. The summed E-state index contributed by atoms with van der Waals surface area (Å²) in [5.74, 6) is -0.903. The molecule has 0 aromatic heterocycles. The van der Waals surface area contributed by atoms with Gasteiger partial charge in [0.25, 0.3) is 0 Å². The van der Waals surface area contributed by atoms with Crippen LogP contribution in [0.25, 0.3) is 0 Å². The molecule has 3 amide bonds. The lowest BCUT2D eigenvalue weighted by molar-refractivity contribution is -0.123. The van der Waals surface area contributed by atoms with Crippen LogP contribution in [-0.4, -0.2) is 38.9 Å². The predicted octanol–water partition coefficient (Wildman–Crippen LogP) is 4.32. The lowest BCUT2D eigenvalue weighted by atomic mass is 10.0. The van der Waals surface area contributed by atoms with Crippen LogP contribution in [0.3, 0.4) is 0 Å². The molecule has 0 bridgehead atoms. The molecule has 1 unspecified atom stereocenters. The molecule has 3 aromatic rings. The first-order chi connectivity index (χ1) is 19.7. The van der Waals surface area contributed by atoms with Gasteiger partial charge >= 0.3 is 6.09 Å². The Hall–Kier alpha value is -3.70. The molecule has 0 spiro atoms. The van der Waals surface area contributed by atoms with E-state index in [2.05, 4.69) is 38.7 Å². The van der Waals surface area contributed by atoms with Gasteiger partial charge in [0.15, 0.2) is 0 Å². The second-order valence-electron chi connectivity index (χ2n) is 9.82. The number of nitrogens with one attached hydrogen (secondary N) is 3. The first-order valence-electron chi connectivity index (χ1n) is 13.3. The molecule has 4 rings (SSSR count). The minimum absolute atomic E-state index is 0.0589. The number of benzene rings is 3. The minimum atomic E-state index is -3.81. The zero-order valence-electron chi connectivity index (χ0n) is 22.3. The fourth-order valence-corrected chi connectivity index (χ4v) is 6.88. The van der Waals surface area contributed by atoms with Gasteiger partial charge in [-0.1, -0.05) is 88.7 Å². The zero-order valence-corrected chi connectivity index (χ0v) is 24.7. The van der Waals surface area contributed by atoms with E-state index < -0.39 is 33.3 Å². The normalized spacial score (nSPS) is 16.4. The molecule has 41 heavy (non-hydrogen) atoms. The average molecular weight is 643 g/mol. The summed E-state index contributed by atoms with van der Waals surface area (Å²) in [7, 11) is -3.81. The molecule has 216 valence electrons. The van der Waals surface area contributed by atoms with E-state index in [-0.39, 0.29) is 25.4 Å². The number of hydrogen-bond donors (Lipinski definition) is 3. The van der Waals surface area contributed by atoms with Crippen molar-refractivity contribution in [1.82, 2.24) is 15.4 Å². The number of sulfonamides is 1. The second-order valence-corrected chi connectivity index (χ2v) is 12.5. The molecule has 0 saturated carbocycles. The summed E-state index contributed by atoms with van der Waals surface area (Å²) in [5.41, 5.74) is 3.18. The number of ether oxygens (including phenoxy) is 1. The zero-order chi connectivity index (χ0) is 29.2. The fraction of sp³-hybridized carbons (Fsp3) is 0.300. The van der Waals surface area contributed by atoms with Crippen molar-refractivity contribution < 1.29 is 27.5 Å². The van der Waals surface area contributed by atoms with Gasteiger partial charge in [0.1, 0.15) is 17.9 Å². The third-order valence-electron chi connectivity index (χ3n) is 6.71. The highest BCUT2D eigenvalue weighted by Crippen LogP contribution is 2.35. The highest BCUT2D eigenvalue weighted by Gasteiger charge is 2.39. The van der Waals surface area contributed by atoms with Crippen LogP contribution in [0.15, 0.2) is 83.3 Å². The molecule has 3 N–H and O–H groups in total. The molecule has 11 heteroatoms. The largest absolute Gasteiger partial charge is 0.445 e. The number of unbranched alkanes of at least 4 members (excludes halogenated alkanes) is 1. The number of rotatable bonds is 12. The predicted molar refractivity (Wildman–Crippen MR) is 158 cm³/mol. The van der Waals surface area contributed by atoms with Crippen molar-refractivity contribution in [2.24, 2.45) is 0 Å². The average Bonchev–Trinajstić information content (AvgIpc) is 3.23. The van der Waals surface area contributed by atoms with Gasteiger partial charge in [-0.05, 0) is 47.6 Å². The van der Waals surface area contributed by atoms with E-state index in [0.29, 0.717) is 22.1 Å². The maximum absolute atomic E-state index is 13.2. The van der Waals surface area contributed by atoms with Crippen LogP contribution >= 0.6 is 15.9 Å². The van der Waals surface area contributed by atoms with E-state index >= 15 is 0 Å². The van der Waals surface area contributed by atoms with Crippen LogP contribution < -0.4 is 15.4 Å². The summed E-state index contributed by atoms with van der Waals surface area (Å²) in [6, 6.07) is 23.4. The van der Waals surface area contributed by atoms with Crippen molar-refractivity contribution in [3.05, 3.63) is 106 Å². The quantitative estimate of drug-likeness (QED) is 0.253. The van der Waals surface area contributed by atoms with E-state index in [1.807, 2.05) is 53.3 Å². The Labute approximate surface area is 248 Å². The molecule has 2 atom stereocenters. The smallest absolute Gasteiger partial charge is 0.408 e. The van der Waals surface area contributed by atoms with Gasteiger partial charge in [-0.3, -0.25) is 14.3 Å². The van der Waals surface area contributed by atoms with Crippen LogP contribution in [0.2, 0.25) is 0 Å². The number of aryl methyl sites for hydroxylation is 1. The SMILES string of the molecule is O=C1CC(c2ccc(C[C@H](NC(=O)OCc3ccccc3)C(=O)NCCCCc3ccccc3)cc2Br)S(=O)(=O)N1. The first kappa shape index (κ1) is 30.3. The Kier molecular flexibility index (Phi) is 10.5. The Morgan fingerprint density at radius 2 is 1.63 bits per heavy atom. The summed E-state index contributed by atoms with van der Waals surface area (Å²) < 4.78 is 32.5. The van der Waals surface area contributed by atoms with Crippen molar-refractivity contribution in [1.29, 1.82) is 0 Å². The van der Waals surface area contributed by atoms with Gasteiger partial charge < -0.3 is 15.4 Å². The fourth-order valence-electron chi connectivity index (χ4n) is 4.57. The summed E-state index contributed by atoms with van der Waals surface area (Å²) >= 11 is 3.42. The molecule has 0 radical (unpaired) electrons. The Balaban J connectivity index is 1.39. The van der Waals surface area contributed by atoms with Gasteiger partial charge in [0.05, 0.1) is 6.42 Å². The van der Waals surface area contributed by atoms with E-state index in [4.69, 9.17) is 4.74 Å². The minimum Gasteiger partial charge on any atom is -0.445 e. The number of hydrogen-bond acceptors (Lipinski definition) is 6. The Morgan fingerprint density at radius 1 is 0.951 bits per heavy atom. The molecule has 3 aromatic carbocycles. The van der Waals surface area contributed by atoms with Gasteiger partial charge in [0.2, 0.25) is 21.8 Å². The van der Waals surface area contributed by atoms with E-state index in [9.17, 15) is 22.8 Å². The van der Waals surface area contributed by atoms with E-state index in [1.165, 1.54) is 5.56 Å². The van der Waals surface area contributed by atoms with Gasteiger partial charge in [-0.2, -0.15) is 0 Å². The maximum atomic E-state index is 13.2. The third kappa shape index (κ3) is 8.89. The van der Waals surface area contributed by atoms with Crippen molar-refractivity contribution in [3.8, 4) is 0 Å². The Morgan fingerprint density at radius 3 is 2.27 bits per heavy atom. The van der Waals surface area contributed by atoms with E-state index in [1.54, 1.807) is 18.2 Å². The highest BCUT2D eigenvalue weighted by molar-refractivity contribution is 9.10. The van der Waals surface area contributed by atoms with Crippen molar-refractivity contribution >= 4 is 43.9 Å². The molecular formula is C30H32BrN3O6S. The summed E-state index contributed by atoms with van der Waals surface area (Å²) in [4.78, 5) is 37.5. The molecule has 1 heterocycles. The van der Waals surface area contributed by atoms with Crippen LogP contribution in [0.1, 0.15) is 46.8 Å². The monoisotopic (exact) mass is 641 g/mol. The first-order valence-corrected chi connectivity index (χ1v) is 15.7. The van der Waals surface area contributed by atoms with Crippen molar-refractivity contribution in [3.63, 3.8) is 0 Å². The molecule has 1 saturated heterocycles. The van der Waals surface area contributed by atoms with Gasteiger partial charge in [0, 0.05) is 17.4 Å². The topological polar surface area (TPSA) is 131 Å². The number of halogens is 1. The van der Waals surface area contributed by atoms with Gasteiger partial charge in [-0.15, -0.1) is 0 Å². The lowest BCUT2D eigenvalue weighted by Gasteiger charge is -2.19. The van der Waals surface area contributed by atoms with E-state index in [0.717, 1.165) is 24.8 Å². The van der Waals surface area contributed by atoms with Crippen LogP contribution in [0.4, 0.5) is 4.79 Å². The van der Waals surface area contributed by atoms with Crippen molar-refractivity contribution in [2.75, 3.05) is 6.54 Å². The Bertz CT molecular complexity index is 1470. The summed E-state index contributed by atoms with van der Waals surface area (Å²) in [6.07, 6.45) is 1.83. The number of carbonyl (C=O) groups is 3. The number of amides is 3. The standard InChI is InChI=1S/C30H32BrN3O6S/c31-25-17-23(14-15-24(25)27-19-28(35)34-41(27,38)39)18-26(33-30(37)40-20-22-12-5-2-6-13-22)29(36)32-16-8-7-11-21-9-3-1-4-10-21/h1-6,9-10,12-15,17,26-27H,7-8,11,16,18-20H2,(H,32,36)(H,33,37)(H,34,35)/t26-,27?/m0/s1. The number of alkyl carbamates (subject to hydrolysis) is 1. The molecule has 1 aliphatic rings.